The highest BCUT2D eigenvalue weighted by Gasteiger charge is 2.16. The fourth-order valence-corrected chi connectivity index (χ4v) is 2.01. The van der Waals surface area contributed by atoms with Crippen molar-refractivity contribution in [3.8, 4) is 0 Å². The standard InChI is InChI=1S/C9H13NO4S/c1-3-10(15(2,12)13)6-8-4-5-9(7-11)14-8/h4-5,7H,3,6H2,1-2H3. The van der Waals surface area contributed by atoms with Crippen LogP contribution in [-0.4, -0.2) is 31.8 Å². The van der Waals surface area contributed by atoms with E-state index >= 15 is 0 Å². The number of carbonyl (C=O) groups excluding carboxylic acids is 1. The van der Waals surface area contributed by atoms with Crippen molar-refractivity contribution >= 4 is 16.3 Å². The van der Waals surface area contributed by atoms with Crippen LogP contribution in [0.25, 0.3) is 0 Å². The third-order valence-corrected chi connectivity index (χ3v) is 3.28. The van der Waals surface area contributed by atoms with E-state index in [1.165, 1.54) is 10.4 Å². The molecule has 0 atom stereocenters. The van der Waals surface area contributed by atoms with Crippen LogP contribution in [0.5, 0.6) is 0 Å². The molecule has 0 unspecified atom stereocenters. The Hall–Kier alpha value is -1.14. The molecule has 0 fully saturated rings. The summed E-state index contributed by atoms with van der Waals surface area (Å²) in [6.45, 7) is 2.27. The van der Waals surface area contributed by atoms with E-state index in [0.717, 1.165) is 6.26 Å². The number of aldehydes is 1. The molecule has 0 aromatic carbocycles. The van der Waals surface area contributed by atoms with Crippen molar-refractivity contribution in [2.75, 3.05) is 12.8 Å². The first kappa shape index (κ1) is 11.9. The topological polar surface area (TPSA) is 67.6 Å². The predicted octanol–water partition coefficient (Wildman–Crippen LogP) is 0.874. The molecular weight excluding hydrogens is 218 g/mol. The Balaban J connectivity index is 2.80. The molecule has 0 aliphatic heterocycles. The molecule has 84 valence electrons. The monoisotopic (exact) mass is 231 g/mol. The van der Waals surface area contributed by atoms with E-state index in [2.05, 4.69) is 0 Å². The summed E-state index contributed by atoms with van der Waals surface area (Å²) in [4.78, 5) is 10.3. The van der Waals surface area contributed by atoms with E-state index in [0.29, 0.717) is 18.6 Å². The highest BCUT2D eigenvalue weighted by atomic mass is 32.2. The van der Waals surface area contributed by atoms with E-state index in [1.807, 2.05) is 0 Å². The van der Waals surface area contributed by atoms with Gasteiger partial charge in [0.05, 0.1) is 12.8 Å². The van der Waals surface area contributed by atoms with E-state index < -0.39 is 10.0 Å². The molecule has 1 rings (SSSR count). The molecule has 1 aromatic heterocycles. The van der Waals surface area contributed by atoms with Gasteiger partial charge in [0.2, 0.25) is 10.0 Å². The summed E-state index contributed by atoms with van der Waals surface area (Å²) in [5.41, 5.74) is 0. The summed E-state index contributed by atoms with van der Waals surface area (Å²) in [5, 5.41) is 0. The number of sulfonamides is 1. The van der Waals surface area contributed by atoms with Crippen molar-refractivity contribution in [2.45, 2.75) is 13.5 Å². The molecule has 1 aromatic rings. The quantitative estimate of drug-likeness (QED) is 0.705. The molecule has 6 heteroatoms. The third kappa shape index (κ3) is 3.17. The van der Waals surface area contributed by atoms with Gasteiger partial charge < -0.3 is 4.42 Å². The van der Waals surface area contributed by atoms with Gasteiger partial charge in [0.15, 0.2) is 12.0 Å². The first-order valence-electron chi connectivity index (χ1n) is 4.46. The highest BCUT2D eigenvalue weighted by molar-refractivity contribution is 7.88. The zero-order chi connectivity index (χ0) is 11.5. The fourth-order valence-electron chi connectivity index (χ4n) is 1.18. The van der Waals surface area contributed by atoms with Crippen LogP contribution in [0.2, 0.25) is 0 Å². The maximum absolute atomic E-state index is 11.3. The molecule has 1 heterocycles. The van der Waals surface area contributed by atoms with E-state index in [9.17, 15) is 13.2 Å². The van der Waals surface area contributed by atoms with Gasteiger partial charge >= 0.3 is 0 Å². The normalized spacial score (nSPS) is 11.9. The van der Waals surface area contributed by atoms with Crippen LogP contribution < -0.4 is 0 Å². The zero-order valence-corrected chi connectivity index (χ0v) is 9.45. The maximum Gasteiger partial charge on any atom is 0.211 e. The van der Waals surface area contributed by atoms with Crippen molar-refractivity contribution in [3.63, 3.8) is 0 Å². The van der Waals surface area contributed by atoms with Crippen LogP contribution in [0.4, 0.5) is 0 Å². The van der Waals surface area contributed by atoms with Crippen LogP contribution in [-0.2, 0) is 16.6 Å². The lowest BCUT2D eigenvalue weighted by Gasteiger charge is -2.15. The van der Waals surface area contributed by atoms with Gasteiger partial charge in [0.1, 0.15) is 5.76 Å². The van der Waals surface area contributed by atoms with Gasteiger partial charge in [0.25, 0.3) is 0 Å². The average Bonchev–Trinajstić information content (AvgIpc) is 2.59. The lowest BCUT2D eigenvalue weighted by molar-refractivity contribution is 0.109. The summed E-state index contributed by atoms with van der Waals surface area (Å²) in [7, 11) is -3.23. The minimum atomic E-state index is -3.23. The number of nitrogens with zero attached hydrogens (tertiary/aromatic N) is 1. The second-order valence-electron chi connectivity index (χ2n) is 3.11. The molecule has 0 saturated heterocycles. The van der Waals surface area contributed by atoms with Crippen LogP contribution >= 0.6 is 0 Å². The summed E-state index contributed by atoms with van der Waals surface area (Å²) < 4.78 is 28.9. The smallest absolute Gasteiger partial charge is 0.211 e. The molecule has 0 spiro atoms. The predicted molar refractivity (Wildman–Crippen MR) is 55.0 cm³/mol. The lowest BCUT2D eigenvalue weighted by atomic mass is 10.4. The Labute approximate surface area is 88.7 Å². The molecule has 0 saturated carbocycles. The third-order valence-electron chi connectivity index (χ3n) is 1.95. The summed E-state index contributed by atoms with van der Waals surface area (Å²) in [5.74, 6) is 0.666. The molecule has 0 bridgehead atoms. The van der Waals surface area contributed by atoms with Gasteiger partial charge in [-0.15, -0.1) is 0 Å². The lowest BCUT2D eigenvalue weighted by Crippen LogP contribution is -2.28. The molecule has 0 N–H and O–H groups in total. The average molecular weight is 231 g/mol. The van der Waals surface area contributed by atoms with Gasteiger partial charge in [-0.05, 0) is 12.1 Å². The Kier molecular flexibility index (Phi) is 3.65. The molecular formula is C9H13NO4S. The molecule has 0 amide bonds. The van der Waals surface area contributed by atoms with Gasteiger partial charge in [-0.1, -0.05) is 6.92 Å². The Morgan fingerprint density at radius 2 is 2.13 bits per heavy atom. The van der Waals surface area contributed by atoms with Crippen LogP contribution in [0.15, 0.2) is 16.5 Å². The van der Waals surface area contributed by atoms with Crippen molar-refractivity contribution in [2.24, 2.45) is 0 Å². The Bertz CT molecular complexity index is 435. The molecule has 15 heavy (non-hydrogen) atoms. The number of hydrogen-bond donors (Lipinski definition) is 0. The van der Waals surface area contributed by atoms with Crippen molar-refractivity contribution < 1.29 is 17.6 Å². The molecule has 5 nitrogen and oxygen atoms in total. The minimum absolute atomic E-state index is 0.156. The number of carbonyl (C=O) groups is 1. The Morgan fingerprint density at radius 1 is 1.47 bits per heavy atom. The summed E-state index contributed by atoms with van der Waals surface area (Å²) >= 11 is 0. The van der Waals surface area contributed by atoms with E-state index in [-0.39, 0.29) is 12.3 Å². The zero-order valence-electron chi connectivity index (χ0n) is 8.63. The van der Waals surface area contributed by atoms with Gasteiger partial charge in [-0.3, -0.25) is 4.79 Å². The van der Waals surface area contributed by atoms with Crippen molar-refractivity contribution in [3.05, 3.63) is 23.7 Å². The largest absolute Gasteiger partial charge is 0.457 e. The van der Waals surface area contributed by atoms with Crippen LogP contribution in [0.3, 0.4) is 0 Å². The second-order valence-corrected chi connectivity index (χ2v) is 5.09. The number of rotatable bonds is 5. The SMILES string of the molecule is CCN(Cc1ccc(C=O)o1)S(C)(=O)=O. The Morgan fingerprint density at radius 3 is 2.53 bits per heavy atom. The van der Waals surface area contributed by atoms with Crippen molar-refractivity contribution in [1.29, 1.82) is 0 Å². The van der Waals surface area contributed by atoms with Gasteiger partial charge in [-0.2, -0.15) is 4.31 Å². The van der Waals surface area contributed by atoms with Crippen LogP contribution in [0.1, 0.15) is 23.2 Å². The van der Waals surface area contributed by atoms with Gasteiger partial charge in [-0.25, -0.2) is 8.42 Å². The minimum Gasteiger partial charge on any atom is -0.457 e. The fraction of sp³-hybridized carbons (Fsp3) is 0.444. The van der Waals surface area contributed by atoms with E-state index in [1.54, 1.807) is 13.0 Å². The summed E-state index contributed by atoms with van der Waals surface area (Å²) in [6, 6.07) is 3.11. The van der Waals surface area contributed by atoms with Crippen molar-refractivity contribution in [1.82, 2.24) is 4.31 Å². The maximum atomic E-state index is 11.3. The first-order chi connectivity index (χ1) is 6.97. The van der Waals surface area contributed by atoms with Gasteiger partial charge in [0, 0.05) is 6.54 Å². The highest BCUT2D eigenvalue weighted by Crippen LogP contribution is 2.11. The second kappa shape index (κ2) is 4.59. The molecule has 0 radical (unpaired) electrons. The number of hydrogen-bond acceptors (Lipinski definition) is 4. The molecule has 0 aliphatic rings. The van der Waals surface area contributed by atoms with E-state index in [4.69, 9.17) is 4.42 Å². The number of furan rings is 1. The summed E-state index contributed by atoms with van der Waals surface area (Å²) in [6.07, 6.45) is 1.72. The molecule has 0 aliphatic carbocycles. The van der Waals surface area contributed by atoms with Crippen LogP contribution in [0, 0.1) is 0 Å². The first-order valence-corrected chi connectivity index (χ1v) is 6.31.